The van der Waals surface area contributed by atoms with E-state index < -0.39 is 5.54 Å². The van der Waals surface area contributed by atoms with Gasteiger partial charge in [0.15, 0.2) is 0 Å². The standard InChI is InChI=1S/C21H23N5O3/c1-4-12-24-19(28)21(2,3)25(20(24)29)13-14-8-7-11-17(18(14)27)26-22-15-9-5-6-10-16(15)23-26/h5-11,27H,4,12-13H2,1-3H3. The van der Waals surface area contributed by atoms with E-state index in [4.69, 9.17) is 0 Å². The normalized spacial score (nSPS) is 16.2. The van der Waals surface area contributed by atoms with Gasteiger partial charge in [0.05, 0.1) is 6.54 Å². The van der Waals surface area contributed by atoms with Gasteiger partial charge in [0.1, 0.15) is 28.0 Å². The fourth-order valence-electron chi connectivity index (χ4n) is 3.61. The molecule has 29 heavy (non-hydrogen) atoms. The number of phenolic OH excluding ortho intramolecular Hbond substituents is 1. The molecule has 150 valence electrons. The van der Waals surface area contributed by atoms with E-state index in [0.29, 0.717) is 35.2 Å². The highest BCUT2D eigenvalue weighted by Crippen LogP contribution is 2.33. The molecule has 8 nitrogen and oxygen atoms in total. The van der Waals surface area contributed by atoms with Crippen molar-refractivity contribution in [3.05, 3.63) is 48.0 Å². The van der Waals surface area contributed by atoms with Crippen LogP contribution in [0.3, 0.4) is 0 Å². The minimum absolute atomic E-state index is 0.0159. The van der Waals surface area contributed by atoms with Crippen LogP contribution >= 0.6 is 0 Å². The zero-order valence-corrected chi connectivity index (χ0v) is 16.7. The lowest BCUT2D eigenvalue weighted by Crippen LogP contribution is -2.43. The number of aromatic hydroxyl groups is 1. The third-order valence-corrected chi connectivity index (χ3v) is 5.28. The van der Waals surface area contributed by atoms with Crippen LogP contribution < -0.4 is 0 Å². The highest BCUT2D eigenvalue weighted by molar-refractivity contribution is 6.06. The SMILES string of the molecule is CCCN1C(=O)N(Cc2cccc(-n3nc4ccccc4n3)c2O)C(C)(C)C1=O. The molecule has 0 saturated carbocycles. The molecular weight excluding hydrogens is 370 g/mol. The van der Waals surface area contributed by atoms with Crippen LogP contribution in [0.4, 0.5) is 4.79 Å². The quantitative estimate of drug-likeness (QED) is 0.673. The summed E-state index contributed by atoms with van der Waals surface area (Å²) < 4.78 is 0. The van der Waals surface area contributed by atoms with Gasteiger partial charge in [0.25, 0.3) is 5.91 Å². The van der Waals surface area contributed by atoms with Crippen LogP contribution in [0.1, 0.15) is 32.8 Å². The minimum atomic E-state index is -0.979. The van der Waals surface area contributed by atoms with E-state index in [2.05, 4.69) is 10.2 Å². The average Bonchev–Trinajstić information content (AvgIpc) is 3.19. The van der Waals surface area contributed by atoms with Crippen molar-refractivity contribution in [2.45, 2.75) is 39.3 Å². The van der Waals surface area contributed by atoms with Crippen LogP contribution in [0.25, 0.3) is 16.7 Å². The summed E-state index contributed by atoms with van der Waals surface area (Å²) >= 11 is 0. The summed E-state index contributed by atoms with van der Waals surface area (Å²) in [5, 5.41) is 19.7. The topological polar surface area (TPSA) is 91.6 Å². The fraction of sp³-hybridized carbons (Fsp3) is 0.333. The van der Waals surface area contributed by atoms with Crippen molar-refractivity contribution in [1.29, 1.82) is 0 Å². The van der Waals surface area contributed by atoms with E-state index in [-0.39, 0.29) is 24.2 Å². The molecule has 0 radical (unpaired) electrons. The molecule has 1 fully saturated rings. The number of para-hydroxylation sites is 1. The van der Waals surface area contributed by atoms with Gasteiger partial charge in [0, 0.05) is 12.1 Å². The molecule has 1 aromatic heterocycles. The molecule has 0 spiro atoms. The van der Waals surface area contributed by atoms with Gasteiger partial charge in [-0.05, 0) is 38.5 Å². The maximum atomic E-state index is 12.8. The van der Waals surface area contributed by atoms with E-state index in [0.717, 1.165) is 0 Å². The first-order valence-corrected chi connectivity index (χ1v) is 9.61. The predicted octanol–water partition coefficient (Wildman–Crippen LogP) is 3.08. The number of imide groups is 1. The number of hydrogen-bond donors (Lipinski definition) is 1. The molecule has 3 amide bonds. The second kappa shape index (κ2) is 6.88. The first-order valence-electron chi connectivity index (χ1n) is 9.61. The summed E-state index contributed by atoms with van der Waals surface area (Å²) in [7, 11) is 0. The van der Waals surface area contributed by atoms with Gasteiger partial charge in [-0.25, -0.2) is 4.79 Å². The van der Waals surface area contributed by atoms with Crippen LogP contribution in [0.15, 0.2) is 42.5 Å². The number of amides is 3. The van der Waals surface area contributed by atoms with Crippen LogP contribution in [0.5, 0.6) is 5.75 Å². The summed E-state index contributed by atoms with van der Waals surface area (Å²) in [6.07, 6.45) is 0.695. The molecular formula is C21H23N5O3. The lowest BCUT2D eigenvalue weighted by molar-refractivity contribution is -0.132. The maximum absolute atomic E-state index is 12.8. The Labute approximate surface area is 168 Å². The van der Waals surface area contributed by atoms with Gasteiger partial charge in [-0.15, -0.1) is 15.0 Å². The molecule has 0 aliphatic carbocycles. The summed E-state index contributed by atoms with van der Waals surface area (Å²) in [6, 6.07) is 12.3. The molecule has 1 aliphatic heterocycles. The van der Waals surface area contributed by atoms with E-state index in [1.54, 1.807) is 32.0 Å². The predicted molar refractivity (Wildman–Crippen MR) is 108 cm³/mol. The smallest absolute Gasteiger partial charge is 0.327 e. The highest BCUT2D eigenvalue weighted by Gasteiger charge is 2.50. The molecule has 2 heterocycles. The largest absolute Gasteiger partial charge is 0.505 e. The Kier molecular flexibility index (Phi) is 4.49. The highest BCUT2D eigenvalue weighted by atomic mass is 16.3. The summed E-state index contributed by atoms with van der Waals surface area (Å²) in [4.78, 5) is 29.7. The van der Waals surface area contributed by atoms with Gasteiger partial charge in [-0.1, -0.05) is 31.2 Å². The third kappa shape index (κ3) is 3.00. The Hall–Kier alpha value is -3.42. The monoisotopic (exact) mass is 393 g/mol. The summed E-state index contributed by atoms with van der Waals surface area (Å²) in [5.74, 6) is -0.238. The lowest BCUT2D eigenvalue weighted by Gasteiger charge is -2.28. The first-order chi connectivity index (χ1) is 13.8. The van der Waals surface area contributed by atoms with Crippen LogP contribution in [-0.2, 0) is 11.3 Å². The number of hydrogen-bond acceptors (Lipinski definition) is 5. The van der Waals surface area contributed by atoms with Crippen LogP contribution in [0, 0.1) is 0 Å². The molecule has 4 rings (SSSR count). The van der Waals surface area contributed by atoms with Crippen molar-refractivity contribution in [2.24, 2.45) is 0 Å². The Balaban J connectivity index is 1.69. The molecule has 0 atom stereocenters. The van der Waals surface area contributed by atoms with Crippen molar-refractivity contribution in [3.63, 3.8) is 0 Å². The van der Waals surface area contributed by atoms with Crippen molar-refractivity contribution in [2.75, 3.05) is 6.54 Å². The van der Waals surface area contributed by atoms with E-state index in [1.165, 1.54) is 14.6 Å². The molecule has 8 heteroatoms. The third-order valence-electron chi connectivity index (χ3n) is 5.28. The molecule has 1 saturated heterocycles. The number of carbonyl (C=O) groups is 2. The summed E-state index contributed by atoms with van der Waals surface area (Å²) in [6.45, 7) is 5.87. The second-order valence-electron chi connectivity index (χ2n) is 7.65. The van der Waals surface area contributed by atoms with Crippen molar-refractivity contribution in [1.82, 2.24) is 24.8 Å². The molecule has 0 bridgehead atoms. The number of aromatic nitrogens is 3. The van der Waals surface area contributed by atoms with E-state index >= 15 is 0 Å². The number of nitrogens with zero attached hydrogens (tertiary/aromatic N) is 5. The second-order valence-corrected chi connectivity index (χ2v) is 7.65. The van der Waals surface area contributed by atoms with Gasteiger partial charge >= 0.3 is 6.03 Å². The van der Waals surface area contributed by atoms with Gasteiger partial charge in [-0.2, -0.15) is 0 Å². The lowest BCUT2D eigenvalue weighted by atomic mass is 10.0. The van der Waals surface area contributed by atoms with Gasteiger partial charge < -0.3 is 10.0 Å². The Morgan fingerprint density at radius 2 is 1.66 bits per heavy atom. The number of rotatable bonds is 5. The average molecular weight is 393 g/mol. The molecule has 1 N–H and O–H groups in total. The Morgan fingerprint density at radius 3 is 2.28 bits per heavy atom. The molecule has 3 aromatic rings. The molecule has 0 unspecified atom stereocenters. The number of fused-ring (bicyclic) bond motifs is 1. The Bertz CT molecular complexity index is 1070. The van der Waals surface area contributed by atoms with Crippen molar-refractivity contribution in [3.8, 4) is 11.4 Å². The Morgan fingerprint density at radius 1 is 1.00 bits per heavy atom. The van der Waals surface area contributed by atoms with Crippen molar-refractivity contribution < 1.29 is 14.7 Å². The van der Waals surface area contributed by atoms with Crippen LogP contribution in [-0.4, -0.2) is 53.9 Å². The number of urea groups is 1. The van der Waals surface area contributed by atoms with Gasteiger partial charge in [0.2, 0.25) is 0 Å². The molecule has 2 aromatic carbocycles. The summed E-state index contributed by atoms with van der Waals surface area (Å²) in [5.41, 5.74) is 1.40. The maximum Gasteiger partial charge on any atom is 0.327 e. The fourth-order valence-corrected chi connectivity index (χ4v) is 3.61. The van der Waals surface area contributed by atoms with Gasteiger partial charge in [-0.3, -0.25) is 9.69 Å². The molecule has 1 aliphatic rings. The zero-order chi connectivity index (χ0) is 20.8. The number of carbonyl (C=O) groups excluding carboxylic acids is 2. The van der Waals surface area contributed by atoms with Crippen molar-refractivity contribution >= 4 is 23.0 Å². The van der Waals surface area contributed by atoms with Crippen LogP contribution in [0.2, 0.25) is 0 Å². The zero-order valence-electron chi connectivity index (χ0n) is 16.7. The van der Waals surface area contributed by atoms with E-state index in [1.807, 2.05) is 31.2 Å². The number of benzene rings is 2. The minimum Gasteiger partial charge on any atom is -0.505 e. The van der Waals surface area contributed by atoms with E-state index in [9.17, 15) is 14.7 Å². The first kappa shape index (κ1) is 18.9. The number of phenols is 1.